The van der Waals surface area contributed by atoms with Crippen molar-refractivity contribution in [3.05, 3.63) is 92.1 Å². The van der Waals surface area contributed by atoms with E-state index in [9.17, 15) is 40.4 Å². The van der Waals surface area contributed by atoms with Crippen molar-refractivity contribution >= 4 is 37.5 Å². The van der Waals surface area contributed by atoms with Crippen LogP contribution in [0.5, 0.6) is 0 Å². The number of halogens is 4. The Morgan fingerprint density at radius 3 is 2.42 bits per heavy atom. The number of sulfonamides is 1. The Bertz CT molecular complexity index is 1730. The molecule has 1 N–H and O–H groups in total. The van der Waals surface area contributed by atoms with Crippen molar-refractivity contribution in [1.29, 1.82) is 0 Å². The number of hydrogen-bond acceptors (Lipinski definition) is 7. The standard InChI is InChI=1S/C21H14F4N4O5S2/c1-28-16(21(23,24)25)9-17(30)29(20(28)32)14-7-12-15(8-13(14)22)35-26-18(12)19(31)27-36(33,34)10-11-5-3-2-4-6-11/h2-9H,10H2,1H3,(H,27,31). The van der Waals surface area contributed by atoms with Gasteiger partial charge in [-0.1, -0.05) is 30.3 Å². The maximum Gasteiger partial charge on any atom is 0.431 e. The Labute approximate surface area is 203 Å². The smallest absolute Gasteiger partial charge is 0.292 e. The van der Waals surface area contributed by atoms with E-state index in [2.05, 4.69) is 4.37 Å². The van der Waals surface area contributed by atoms with Gasteiger partial charge in [0.05, 0.1) is 16.1 Å². The Morgan fingerprint density at radius 1 is 1.11 bits per heavy atom. The monoisotopic (exact) mass is 542 g/mol. The van der Waals surface area contributed by atoms with E-state index in [0.717, 1.165) is 19.2 Å². The van der Waals surface area contributed by atoms with Gasteiger partial charge in [-0.05, 0) is 29.2 Å². The van der Waals surface area contributed by atoms with Gasteiger partial charge in [0.25, 0.3) is 11.5 Å². The molecule has 0 aliphatic carbocycles. The Hall–Kier alpha value is -3.85. The number of carbonyl (C=O) groups excluding carboxylic acids is 1. The molecule has 2 aromatic carbocycles. The highest BCUT2D eigenvalue weighted by Crippen LogP contribution is 2.29. The molecule has 4 rings (SSSR count). The summed E-state index contributed by atoms with van der Waals surface area (Å²) in [6.07, 6.45) is -5.01. The van der Waals surface area contributed by atoms with E-state index < -0.39 is 62.0 Å². The van der Waals surface area contributed by atoms with Crippen LogP contribution in [0.15, 0.2) is 58.1 Å². The molecule has 188 valence electrons. The molecular formula is C21H14F4N4O5S2. The number of alkyl halides is 3. The van der Waals surface area contributed by atoms with Crippen LogP contribution in [0.2, 0.25) is 0 Å². The summed E-state index contributed by atoms with van der Waals surface area (Å²) in [6.45, 7) is 0. The summed E-state index contributed by atoms with van der Waals surface area (Å²) in [5.41, 5.74) is -5.23. The number of amides is 1. The van der Waals surface area contributed by atoms with Crippen LogP contribution in [0.4, 0.5) is 17.6 Å². The molecule has 4 aromatic rings. The minimum atomic E-state index is -5.01. The minimum Gasteiger partial charge on any atom is -0.292 e. The largest absolute Gasteiger partial charge is 0.431 e. The van der Waals surface area contributed by atoms with Gasteiger partial charge >= 0.3 is 11.9 Å². The molecule has 0 radical (unpaired) electrons. The first-order chi connectivity index (χ1) is 16.8. The molecule has 0 aliphatic heterocycles. The van der Waals surface area contributed by atoms with Gasteiger partial charge in [0.1, 0.15) is 11.5 Å². The molecule has 0 atom stereocenters. The number of rotatable bonds is 5. The zero-order valence-electron chi connectivity index (χ0n) is 18.0. The first kappa shape index (κ1) is 25.2. The van der Waals surface area contributed by atoms with Crippen molar-refractivity contribution in [2.24, 2.45) is 7.05 Å². The Morgan fingerprint density at radius 2 is 1.78 bits per heavy atom. The maximum absolute atomic E-state index is 14.8. The summed E-state index contributed by atoms with van der Waals surface area (Å²) in [7, 11) is -3.40. The lowest BCUT2D eigenvalue weighted by Crippen LogP contribution is -2.41. The fourth-order valence-corrected chi connectivity index (χ4v) is 5.29. The van der Waals surface area contributed by atoms with Crippen LogP contribution < -0.4 is 16.0 Å². The summed E-state index contributed by atoms with van der Waals surface area (Å²) in [6, 6.07) is 9.85. The van der Waals surface area contributed by atoms with Crippen molar-refractivity contribution < 1.29 is 30.8 Å². The van der Waals surface area contributed by atoms with Crippen LogP contribution in [-0.4, -0.2) is 27.8 Å². The third-order valence-corrected chi connectivity index (χ3v) is 7.07. The fraction of sp³-hybridized carbons (Fsp3) is 0.143. The number of benzene rings is 2. The molecule has 0 unspecified atom stereocenters. The molecule has 0 saturated heterocycles. The van der Waals surface area contributed by atoms with Crippen molar-refractivity contribution in [3.63, 3.8) is 0 Å². The van der Waals surface area contributed by atoms with Crippen LogP contribution in [0.25, 0.3) is 15.8 Å². The normalized spacial score (nSPS) is 12.1. The number of aromatic nitrogens is 3. The fourth-order valence-electron chi connectivity index (χ4n) is 3.42. The SMILES string of the molecule is Cn1c(C(F)(F)F)cc(=O)n(-c2cc3c(C(=O)NS(=O)(=O)Cc4ccccc4)nsc3cc2F)c1=O. The molecule has 2 aromatic heterocycles. The zero-order valence-corrected chi connectivity index (χ0v) is 19.7. The van der Waals surface area contributed by atoms with E-state index in [4.69, 9.17) is 0 Å². The average molecular weight is 542 g/mol. The van der Waals surface area contributed by atoms with Crippen molar-refractivity contribution in [3.8, 4) is 5.69 Å². The Kier molecular flexibility index (Phi) is 6.30. The van der Waals surface area contributed by atoms with Crippen LogP contribution >= 0.6 is 11.5 Å². The molecule has 0 bridgehead atoms. The number of hydrogen-bond donors (Lipinski definition) is 1. The van der Waals surface area contributed by atoms with Gasteiger partial charge in [0.15, 0.2) is 5.69 Å². The van der Waals surface area contributed by atoms with Crippen molar-refractivity contribution in [1.82, 2.24) is 18.2 Å². The number of nitrogens with one attached hydrogen (secondary N) is 1. The molecule has 36 heavy (non-hydrogen) atoms. The third-order valence-electron chi connectivity index (χ3n) is 5.05. The highest BCUT2D eigenvalue weighted by molar-refractivity contribution is 7.89. The second-order valence-electron chi connectivity index (χ2n) is 7.55. The van der Waals surface area contributed by atoms with Crippen molar-refractivity contribution in [2.75, 3.05) is 0 Å². The van der Waals surface area contributed by atoms with Crippen LogP contribution in [0, 0.1) is 5.82 Å². The van der Waals surface area contributed by atoms with E-state index in [1.54, 1.807) is 30.3 Å². The number of fused-ring (bicyclic) bond motifs is 1. The lowest BCUT2D eigenvalue weighted by molar-refractivity contribution is -0.144. The third kappa shape index (κ3) is 4.79. The summed E-state index contributed by atoms with van der Waals surface area (Å²) >= 11 is 0.643. The maximum atomic E-state index is 14.8. The second-order valence-corrected chi connectivity index (χ2v) is 10.1. The van der Waals surface area contributed by atoms with E-state index in [1.165, 1.54) is 0 Å². The molecule has 0 spiro atoms. The van der Waals surface area contributed by atoms with Gasteiger partial charge in [-0.15, -0.1) is 0 Å². The molecule has 9 nitrogen and oxygen atoms in total. The van der Waals surface area contributed by atoms with Crippen LogP contribution in [-0.2, 0) is 29.0 Å². The minimum absolute atomic E-state index is 0.0682. The molecule has 0 fully saturated rings. The van der Waals surface area contributed by atoms with Gasteiger partial charge in [0, 0.05) is 18.5 Å². The summed E-state index contributed by atoms with van der Waals surface area (Å²) in [5.74, 6) is -2.81. The van der Waals surface area contributed by atoms with E-state index >= 15 is 0 Å². The average Bonchev–Trinajstić information content (AvgIpc) is 3.18. The summed E-state index contributed by atoms with van der Waals surface area (Å²) in [5, 5.41) is -0.113. The number of nitrogens with zero attached hydrogens (tertiary/aromatic N) is 3. The predicted octanol–water partition coefficient (Wildman–Crippen LogP) is 2.56. The second kappa shape index (κ2) is 8.98. The van der Waals surface area contributed by atoms with Gasteiger partial charge in [0.2, 0.25) is 10.0 Å². The van der Waals surface area contributed by atoms with Gasteiger partial charge in [-0.25, -0.2) is 26.9 Å². The first-order valence-electron chi connectivity index (χ1n) is 9.87. The molecule has 2 heterocycles. The summed E-state index contributed by atoms with van der Waals surface area (Å²) in [4.78, 5) is 37.6. The van der Waals surface area contributed by atoms with Crippen LogP contribution in [0.1, 0.15) is 21.7 Å². The van der Waals surface area contributed by atoms with E-state index in [-0.39, 0.29) is 25.3 Å². The lowest BCUT2D eigenvalue weighted by Gasteiger charge is -2.14. The predicted molar refractivity (Wildman–Crippen MR) is 122 cm³/mol. The molecule has 0 saturated carbocycles. The highest BCUT2D eigenvalue weighted by atomic mass is 32.2. The quantitative estimate of drug-likeness (QED) is 0.387. The first-order valence-corrected chi connectivity index (χ1v) is 12.3. The lowest BCUT2D eigenvalue weighted by atomic mass is 10.2. The molecule has 1 amide bonds. The topological polar surface area (TPSA) is 120 Å². The zero-order chi connectivity index (χ0) is 26.4. The molecular weight excluding hydrogens is 528 g/mol. The van der Waals surface area contributed by atoms with Gasteiger partial charge in [-0.2, -0.15) is 17.5 Å². The van der Waals surface area contributed by atoms with E-state index in [0.29, 0.717) is 17.1 Å². The molecule has 15 heteroatoms. The van der Waals surface area contributed by atoms with Gasteiger partial charge < -0.3 is 0 Å². The van der Waals surface area contributed by atoms with Crippen LogP contribution in [0.3, 0.4) is 0 Å². The Balaban J connectivity index is 1.77. The van der Waals surface area contributed by atoms with E-state index in [1.807, 2.05) is 4.72 Å². The highest BCUT2D eigenvalue weighted by Gasteiger charge is 2.35. The van der Waals surface area contributed by atoms with Crippen molar-refractivity contribution in [2.45, 2.75) is 11.9 Å². The number of carbonyl (C=O) groups is 1. The molecule has 0 aliphatic rings. The van der Waals surface area contributed by atoms with Gasteiger partial charge in [-0.3, -0.25) is 14.2 Å². The summed E-state index contributed by atoms with van der Waals surface area (Å²) < 4.78 is 85.1.